The number of anilines is 1. The Hall–Kier alpha value is -1.65. The van der Waals surface area contributed by atoms with Crippen molar-refractivity contribution in [3.63, 3.8) is 0 Å². The SMILES string of the molecule is CNc1ncc(F)cc1C(=O)NCCCC1CCCC1. The van der Waals surface area contributed by atoms with Crippen LogP contribution >= 0.6 is 0 Å². The highest BCUT2D eigenvalue weighted by molar-refractivity contribution is 5.98. The van der Waals surface area contributed by atoms with E-state index < -0.39 is 5.82 Å². The Bertz CT molecular complexity index is 458. The quantitative estimate of drug-likeness (QED) is 0.787. The Morgan fingerprint density at radius 1 is 1.45 bits per heavy atom. The highest BCUT2D eigenvalue weighted by Crippen LogP contribution is 2.28. The molecule has 0 atom stereocenters. The van der Waals surface area contributed by atoms with E-state index >= 15 is 0 Å². The maximum Gasteiger partial charge on any atom is 0.255 e. The largest absolute Gasteiger partial charge is 0.372 e. The second-order valence-corrected chi connectivity index (χ2v) is 5.35. The number of hydrogen-bond acceptors (Lipinski definition) is 3. The molecule has 1 amide bonds. The molecule has 2 N–H and O–H groups in total. The summed E-state index contributed by atoms with van der Waals surface area (Å²) in [7, 11) is 1.66. The molecule has 110 valence electrons. The number of carbonyl (C=O) groups is 1. The zero-order chi connectivity index (χ0) is 14.4. The van der Waals surface area contributed by atoms with Crippen LogP contribution < -0.4 is 10.6 Å². The molecule has 20 heavy (non-hydrogen) atoms. The molecule has 1 aliphatic rings. The van der Waals surface area contributed by atoms with Crippen molar-refractivity contribution in [3.05, 3.63) is 23.6 Å². The van der Waals surface area contributed by atoms with Crippen LogP contribution in [-0.2, 0) is 0 Å². The molecule has 1 aromatic rings. The van der Waals surface area contributed by atoms with Crippen molar-refractivity contribution >= 4 is 11.7 Å². The van der Waals surface area contributed by atoms with Crippen LogP contribution in [-0.4, -0.2) is 24.5 Å². The van der Waals surface area contributed by atoms with Crippen LogP contribution in [0, 0.1) is 11.7 Å². The third-order valence-corrected chi connectivity index (χ3v) is 3.89. The molecule has 0 unspecified atom stereocenters. The normalized spacial score (nSPS) is 15.3. The van der Waals surface area contributed by atoms with Gasteiger partial charge < -0.3 is 10.6 Å². The van der Waals surface area contributed by atoms with Crippen molar-refractivity contribution < 1.29 is 9.18 Å². The van der Waals surface area contributed by atoms with Gasteiger partial charge in [0, 0.05) is 13.6 Å². The first-order chi connectivity index (χ1) is 9.70. The zero-order valence-corrected chi connectivity index (χ0v) is 11.9. The molecule has 0 aromatic carbocycles. The van der Waals surface area contributed by atoms with Gasteiger partial charge in [-0.2, -0.15) is 0 Å². The smallest absolute Gasteiger partial charge is 0.255 e. The first-order valence-corrected chi connectivity index (χ1v) is 7.32. The number of hydrogen-bond donors (Lipinski definition) is 2. The van der Waals surface area contributed by atoms with E-state index in [1.54, 1.807) is 7.05 Å². The van der Waals surface area contributed by atoms with E-state index in [1.807, 2.05) is 0 Å². The van der Waals surface area contributed by atoms with Gasteiger partial charge in [0.2, 0.25) is 0 Å². The molecule has 0 aliphatic heterocycles. The first kappa shape index (κ1) is 14.8. The minimum atomic E-state index is -0.500. The monoisotopic (exact) mass is 279 g/mol. The fraction of sp³-hybridized carbons (Fsp3) is 0.600. The second-order valence-electron chi connectivity index (χ2n) is 5.35. The number of halogens is 1. The van der Waals surface area contributed by atoms with Gasteiger partial charge in [0.15, 0.2) is 0 Å². The van der Waals surface area contributed by atoms with Gasteiger partial charge in [-0.15, -0.1) is 0 Å². The Kier molecular flexibility index (Phi) is 5.32. The van der Waals surface area contributed by atoms with Crippen molar-refractivity contribution in [1.29, 1.82) is 0 Å². The zero-order valence-electron chi connectivity index (χ0n) is 11.9. The summed E-state index contributed by atoms with van der Waals surface area (Å²) in [5.74, 6) is 0.461. The minimum Gasteiger partial charge on any atom is -0.372 e. The molecule has 5 heteroatoms. The van der Waals surface area contributed by atoms with Crippen molar-refractivity contribution in [1.82, 2.24) is 10.3 Å². The number of carbonyl (C=O) groups excluding carboxylic acids is 1. The number of amides is 1. The number of pyridine rings is 1. The van der Waals surface area contributed by atoms with Crippen molar-refractivity contribution in [2.75, 3.05) is 18.9 Å². The van der Waals surface area contributed by atoms with Gasteiger partial charge in [0.1, 0.15) is 11.6 Å². The lowest BCUT2D eigenvalue weighted by atomic mass is 10.0. The maximum atomic E-state index is 13.2. The number of nitrogens with one attached hydrogen (secondary N) is 2. The predicted molar refractivity (Wildman–Crippen MR) is 77.3 cm³/mol. The molecule has 1 saturated carbocycles. The number of aromatic nitrogens is 1. The van der Waals surface area contributed by atoms with Crippen molar-refractivity contribution in [2.24, 2.45) is 5.92 Å². The third-order valence-electron chi connectivity index (χ3n) is 3.89. The molecule has 1 heterocycles. The highest BCUT2D eigenvalue weighted by Gasteiger charge is 2.15. The van der Waals surface area contributed by atoms with Crippen molar-refractivity contribution in [3.8, 4) is 0 Å². The van der Waals surface area contributed by atoms with E-state index in [-0.39, 0.29) is 11.5 Å². The molecule has 1 fully saturated rings. The molecular weight excluding hydrogens is 257 g/mol. The van der Waals surface area contributed by atoms with E-state index in [9.17, 15) is 9.18 Å². The lowest BCUT2D eigenvalue weighted by Crippen LogP contribution is -2.26. The third kappa shape index (κ3) is 3.92. The Balaban J connectivity index is 1.80. The van der Waals surface area contributed by atoms with E-state index in [0.29, 0.717) is 12.4 Å². The van der Waals surface area contributed by atoms with Crippen LogP contribution in [0.4, 0.5) is 10.2 Å². The topological polar surface area (TPSA) is 54.0 Å². The summed E-state index contributed by atoms with van der Waals surface area (Å²) in [5.41, 5.74) is 0.258. The average Bonchev–Trinajstić information content (AvgIpc) is 2.96. The van der Waals surface area contributed by atoms with Gasteiger partial charge in [0.25, 0.3) is 5.91 Å². The van der Waals surface area contributed by atoms with Crippen molar-refractivity contribution in [2.45, 2.75) is 38.5 Å². The lowest BCUT2D eigenvalue weighted by Gasteiger charge is -2.11. The summed E-state index contributed by atoms with van der Waals surface area (Å²) in [6, 6.07) is 1.21. The molecule has 2 rings (SSSR count). The lowest BCUT2D eigenvalue weighted by molar-refractivity contribution is 0.0952. The Morgan fingerprint density at radius 3 is 2.90 bits per heavy atom. The fourth-order valence-electron chi connectivity index (χ4n) is 2.80. The average molecular weight is 279 g/mol. The van der Waals surface area contributed by atoms with Crippen LogP contribution in [0.25, 0.3) is 0 Å². The van der Waals surface area contributed by atoms with Gasteiger partial charge in [-0.05, 0) is 24.8 Å². The summed E-state index contributed by atoms with van der Waals surface area (Å²) < 4.78 is 13.2. The van der Waals surface area contributed by atoms with Crippen LogP contribution in [0.15, 0.2) is 12.3 Å². The second kappa shape index (κ2) is 7.22. The van der Waals surface area contributed by atoms with Crippen LogP contribution in [0.2, 0.25) is 0 Å². The molecule has 0 saturated heterocycles. The summed E-state index contributed by atoms with van der Waals surface area (Å²) in [4.78, 5) is 15.9. The Labute approximate surface area is 119 Å². The van der Waals surface area contributed by atoms with Crippen LogP contribution in [0.3, 0.4) is 0 Å². The summed E-state index contributed by atoms with van der Waals surface area (Å²) in [6.07, 6.45) is 8.59. The highest BCUT2D eigenvalue weighted by atomic mass is 19.1. The molecule has 0 bridgehead atoms. The molecule has 1 aromatic heterocycles. The van der Waals surface area contributed by atoms with Gasteiger partial charge in [0.05, 0.1) is 11.8 Å². The fourth-order valence-corrected chi connectivity index (χ4v) is 2.80. The van der Waals surface area contributed by atoms with Crippen LogP contribution in [0.5, 0.6) is 0 Å². The first-order valence-electron chi connectivity index (χ1n) is 7.32. The van der Waals surface area contributed by atoms with E-state index in [4.69, 9.17) is 0 Å². The van der Waals surface area contributed by atoms with Gasteiger partial charge in [-0.25, -0.2) is 9.37 Å². The van der Waals surface area contributed by atoms with Crippen LogP contribution in [0.1, 0.15) is 48.9 Å². The predicted octanol–water partition coefficient (Wildman–Crippen LogP) is 2.96. The summed E-state index contributed by atoms with van der Waals surface area (Å²) in [6.45, 7) is 0.634. The molecule has 0 radical (unpaired) electrons. The molecular formula is C15H22FN3O. The minimum absolute atomic E-state index is 0.258. The maximum absolute atomic E-state index is 13.2. The molecule has 1 aliphatic carbocycles. The molecule has 4 nitrogen and oxygen atoms in total. The van der Waals surface area contributed by atoms with Gasteiger partial charge >= 0.3 is 0 Å². The van der Waals surface area contributed by atoms with Gasteiger partial charge in [-0.1, -0.05) is 25.7 Å². The number of nitrogens with zero attached hydrogens (tertiary/aromatic N) is 1. The van der Waals surface area contributed by atoms with E-state index in [2.05, 4.69) is 15.6 Å². The summed E-state index contributed by atoms with van der Waals surface area (Å²) in [5, 5.41) is 5.64. The standard InChI is InChI=1S/C15H22FN3O/c1-17-14-13(9-12(16)10-19-14)15(20)18-8-4-7-11-5-2-3-6-11/h9-11H,2-8H2,1H3,(H,17,19)(H,18,20). The van der Waals surface area contributed by atoms with E-state index in [0.717, 1.165) is 18.5 Å². The van der Waals surface area contributed by atoms with E-state index in [1.165, 1.54) is 38.2 Å². The Morgan fingerprint density at radius 2 is 2.20 bits per heavy atom. The molecule has 0 spiro atoms. The number of rotatable bonds is 6. The van der Waals surface area contributed by atoms with Gasteiger partial charge in [-0.3, -0.25) is 4.79 Å². The summed E-state index contributed by atoms with van der Waals surface area (Å²) >= 11 is 0.